The molecule has 0 bridgehead atoms. The Labute approximate surface area is 86.8 Å². The lowest BCUT2D eigenvalue weighted by atomic mass is 10.3. The molecule has 0 aromatic carbocycles. The molecule has 1 rings (SSSR count). The highest BCUT2D eigenvalue weighted by atomic mass is 32.2. The Balaban J connectivity index is 2.85. The van der Waals surface area contributed by atoms with Crippen LogP contribution in [0.2, 0.25) is 0 Å². The minimum Gasteiger partial charge on any atom is -0.397 e. The molecule has 0 saturated heterocycles. The first kappa shape index (κ1) is 10.8. The van der Waals surface area contributed by atoms with Gasteiger partial charge >= 0.3 is 0 Å². The van der Waals surface area contributed by atoms with Gasteiger partial charge in [0.1, 0.15) is 11.1 Å². The summed E-state index contributed by atoms with van der Waals surface area (Å²) in [6.45, 7) is 1.95. The molecule has 4 nitrogen and oxygen atoms in total. The van der Waals surface area contributed by atoms with Crippen LogP contribution in [0.4, 0.5) is 5.69 Å². The number of pyridine rings is 1. The Morgan fingerprint density at radius 2 is 2.50 bits per heavy atom. The van der Waals surface area contributed by atoms with Gasteiger partial charge in [0.05, 0.1) is 17.9 Å². The second kappa shape index (κ2) is 4.84. The lowest BCUT2D eigenvalue weighted by Crippen LogP contribution is -2.04. The van der Waals surface area contributed by atoms with Crippen LogP contribution in [0.15, 0.2) is 17.3 Å². The van der Waals surface area contributed by atoms with Crippen molar-refractivity contribution in [1.29, 1.82) is 5.26 Å². The first-order valence-electron chi connectivity index (χ1n) is 4.10. The Morgan fingerprint density at radius 1 is 1.79 bits per heavy atom. The van der Waals surface area contributed by atoms with Crippen LogP contribution in [0.5, 0.6) is 0 Å². The number of nitriles is 1. The summed E-state index contributed by atoms with van der Waals surface area (Å²) in [6, 6.07) is 3.54. The standard InChI is InChI=1S/C9H11N3OS/c1-6(5-13)14-9-8(11)2-7(3-10)4-12-9/h2,4,6,13H,5,11H2,1H3. The van der Waals surface area contributed by atoms with Crippen molar-refractivity contribution in [1.82, 2.24) is 4.98 Å². The summed E-state index contributed by atoms with van der Waals surface area (Å²) in [5.74, 6) is 0. The third-order valence-corrected chi connectivity index (χ3v) is 2.69. The topological polar surface area (TPSA) is 82.9 Å². The van der Waals surface area contributed by atoms with Gasteiger partial charge in [-0.3, -0.25) is 0 Å². The zero-order valence-corrected chi connectivity index (χ0v) is 8.58. The van der Waals surface area contributed by atoms with Gasteiger partial charge in [0.25, 0.3) is 0 Å². The molecule has 14 heavy (non-hydrogen) atoms. The van der Waals surface area contributed by atoms with Gasteiger partial charge in [0, 0.05) is 11.4 Å². The monoisotopic (exact) mass is 209 g/mol. The van der Waals surface area contributed by atoms with E-state index >= 15 is 0 Å². The molecular formula is C9H11N3OS. The summed E-state index contributed by atoms with van der Waals surface area (Å²) >= 11 is 1.39. The van der Waals surface area contributed by atoms with E-state index in [1.54, 1.807) is 6.07 Å². The number of rotatable bonds is 3. The maximum atomic E-state index is 8.85. The van der Waals surface area contributed by atoms with E-state index in [-0.39, 0.29) is 11.9 Å². The van der Waals surface area contributed by atoms with Gasteiger partial charge in [0.2, 0.25) is 0 Å². The van der Waals surface area contributed by atoms with Crippen molar-refractivity contribution in [2.75, 3.05) is 12.3 Å². The Hall–Kier alpha value is -1.25. The molecule has 5 heteroatoms. The van der Waals surface area contributed by atoms with E-state index in [9.17, 15) is 0 Å². The predicted molar refractivity (Wildman–Crippen MR) is 55.8 cm³/mol. The van der Waals surface area contributed by atoms with E-state index in [1.165, 1.54) is 18.0 Å². The highest BCUT2D eigenvalue weighted by Gasteiger charge is 2.07. The van der Waals surface area contributed by atoms with Crippen molar-refractivity contribution in [3.8, 4) is 6.07 Å². The van der Waals surface area contributed by atoms with Crippen LogP contribution in [0.3, 0.4) is 0 Å². The Morgan fingerprint density at radius 3 is 3.00 bits per heavy atom. The van der Waals surface area contributed by atoms with Gasteiger partial charge < -0.3 is 10.8 Å². The van der Waals surface area contributed by atoms with Gasteiger partial charge in [-0.1, -0.05) is 18.7 Å². The molecule has 1 aromatic heterocycles. The average molecular weight is 209 g/mol. The molecule has 0 aliphatic heterocycles. The van der Waals surface area contributed by atoms with Crippen molar-refractivity contribution in [3.63, 3.8) is 0 Å². The van der Waals surface area contributed by atoms with Crippen LogP contribution in [0, 0.1) is 11.3 Å². The molecule has 0 saturated carbocycles. The normalized spacial score (nSPS) is 12.1. The molecule has 0 amide bonds. The van der Waals surface area contributed by atoms with Gasteiger partial charge in [-0.05, 0) is 6.07 Å². The predicted octanol–water partition coefficient (Wildman–Crippen LogP) is 1.01. The summed E-state index contributed by atoms with van der Waals surface area (Å²) in [5, 5.41) is 18.1. The van der Waals surface area contributed by atoms with E-state index in [0.717, 1.165) is 0 Å². The minimum atomic E-state index is 0.0535. The number of nitrogens with zero attached hydrogens (tertiary/aromatic N) is 2. The number of nitrogen functional groups attached to an aromatic ring is 1. The fraction of sp³-hybridized carbons (Fsp3) is 0.333. The Bertz CT molecular complexity index is 362. The van der Waals surface area contributed by atoms with Crippen molar-refractivity contribution in [2.24, 2.45) is 0 Å². The fourth-order valence-electron chi connectivity index (χ4n) is 0.857. The zero-order chi connectivity index (χ0) is 10.6. The van der Waals surface area contributed by atoms with Gasteiger partial charge in [-0.25, -0.2) is 4.98 Å². The third kappa shape index (κ3) is 2.62. The van der Waals surface area contributed by atoms with Crippen LogP contribution in [0.25, 0.3) is 0 Å². The number of aromatic nitrogens is 1. The lowest BCUT2D eigenvalue weighted by molar-refractivity contribution is 0.300. The fourth-order valence-corrected chi connectivity index (χ4v) is 1.62. The highest BCUT2D eigenvalue weighted by Crippen LogP contribution is 2.26. The summed E-state index contributed by atoms with van der Waals surface area (Å²) in [6.07, 6.45) is 1.47. The molecule has 1 aromatic rings. The number of thioether (sulfide) groups is 1. The molecule has 1 unspecified atom stereocenters. The van der Waals surface area contributed by atoms with Crippen molar-refractivity contribution < 1.29 is 5.11 Å². The first-order valence-corrected chi connectivity index (χ1v) is 4.98. The molecule has 0 aliphatic rings. The number of aliphatic hydroxyl groups excluding tert-OH is 1. The van der Waals surface area contributed by atoms with E-state index in [4.69, 9.17) is 16.1 Å². The molecule has 1 atom stereocenters. The third-order valence-electron chi connectivity index (χ3n) is 1.58. The Kier molecular flexibility index (Phi) is 3.74. The first-order chi connectivity index (χ1) is 6.67. The number of hydrogen-bond acceptors (Lipinski definition) is 5. The highest BCUT2D eigenvalue weighted by molar-refractivity contribution is 8.00. The molecule has 0 fully saturated rings. The number of anilines is 1. The molecule has 74 valence electrons. The van der Waals surface area contributed by atoms with Crippen LogP contribution >= 0.6 is 11.8 Å². The van der Waals surface area contributed by atoms with Crippen molar-refractivity contribution in [3.05, 3.63) is 17.8 Å². The summed E-state index contributed by atoms with van der Waals surface area (Å²) in [5.41, 5.74) is 6.61. The smallest absolute Gasteiger partial charge is 0.119 e. The second-order valence-corrected chi connectivity index (χ2v) is 4.27. The SMILES string of the molecule is CC(CO)Sc1ncc(C#N)cc1N. The lowest BCUT2D eigenvalue weighted by Gasteiger charge is -2.08. The van der Waals surface area contributed by atoms with E-state index in [0.29, 0.717) is 16.3 Å². The molecule has 0 spiro atoms. The summed E-state index contributed by atoms with van der Waals surface area (Å²) in [4.78, 5) is 4.04. The quantitative estimate of drug-likeness (QED) is 0.726. The summed E-state index contributed by atoms with van der Waals surface area (Å²) < 4.78 is 0. The van der Waals surface area contributed by atoms with E-state index in [2.05, 4.69) is 4.98 Å². The van der Waals surface area contributed by atoms with Gasteiger partial charge in [0.15, 0.2) is 0 Å². The van der Waals surface area contributed by atoms with Crippen molar-refractivity contribution in [2.45, 2.75) is 17.2 Å². The maximum absolute atomic E-state index is 8.85. The number of hydrogen-bond donors (Lipinski definition) is 2. The molecular weight excluding hydrogens is 198 g/mol. The van der Waals surface area contributed by atoms with E-state index < -0.39 is 0 Å². The molecule has 3 N–H and O–H groups in total. The van der Waals surface area contributed by atoms with E-state index in [1.807, 2.05) is 13.0 Å². The molecule has 0 radical (unpaired) electrons. The van der Waals surface area contributed by atoms with Crippen LogP contribution in [0.1, 0.15) is 12.5 Å². The molecule has 1 heterocycles. The zero-order valence-electron chi connectivity index (χ0n) is 7.77. The van der Waals surface area contributed by atoms with Crippen molar-refractivity contribution >= 4 is 17.4 Å². The van der Waals surface area contributed by atoms with Crippen LogP contribution in [-0.4, -0.2) is 21.9 Å². The minimum absolute atomic E-state index is 0.0535. The van der Waals surface area contributed by atoms with Gasteiger partial charge in [-0.15, -0.1) is 0 Å². The number of aliphatic hydroxyl groups is 1. The number of nitrogens with two attached hydrogens (primary N) is 1. The average Bonchev–Trinajstić information content (AvgIpc) is 2.20. The largest absolute Gasteiger partial charge is 0.397 e. The van der Waals surface area contributed by atoms with Gasteiger partial charge in [-0.2, -0.15) is 5.26 Å². The maximum Gasteiger partial charge on any atom is 0.119 e. The van der Waals surface area contributed by atoms with Crippen LogP contribution in [-0.2, 0) is 0 Å². The molecule has 0 aliphatic carbocycles. The second-order valence-electron chi connectivity index (χ2n) is 2.84. The summed E-state index contributed by atoms with van der Waals surface area (Å²) in [7, 11) is 0. The van der Waals surface area contributed by atoms with Crippen LogP contribution < -0.4 is 5.73 Å².